The first kappa shape index (κ1) is 45.5. The van der Waals surface area contributed by atoms with Gasteiger partial charge in [0, 0.05) is 45.4 Å². The summed E-state index contributed by atoms with van der Waals surface area (Å²) in [6.07, 6.45) is 1.84. The number of aryl methyl sites for hydroxylation is 1. The molecule has 10 aromatic rings. The molecule has 0 aliphatic carbocycles. The van der Waals surface area contributed by atoms with E-state index in [4.69, 9.17) is 12.7 Å². The minimum Gasteiger partial charge on any atom is -0.507 e. The SMILES string of the molecule is [2H]C([2H])([2H])c1cc(-c2cc(C([2H])(C)C)cc(C([2H])(C)C)c2)ccc1-n1c(-c2cc(C(C)(C)C)cc(C(C)(C)C)c2O)nc2c(-c3[c-]c(-c4cc(-c5ccc(-c6ccccc6)cc5)ccn4)cc(-c4ccccc4)c3)cccc21.[Pt]. The number of fused-ring (bicyclic) bond motifs is 1. The van der Waals surface area contributed by atoms with E-state index in [1.807, 2.05) is 136 Å². The van der Waals surface area contributed by atoms with Crippen molar-refractivity contribution < 1.29 is 33.0 Å². The van der Waals surface area contributed by atoms with Gasteiger partial charge in [-0.2, -0.15) is 0 Å². The van der Waals surface area contributed by atoms with Crippen molar-refractivity contribution in [2.45, 2.75) is 98.7 Å². The molecule has 0 spiro atoms. The van der Waals surface area contributed by atoms with E-state index >= 15 is 0 Å². The van der Waals surface area contributed by atoms with Crippen molar-refractivity contribution in [1.29, 1.82) is 0 Å². The summed E-state index contributed by atoms with van der Waals surface area (Å²) in [5.74, 6) is -1.50. The van der Waals surface area contributed by atoms with Crippen LogP contribution in [0.4, 0.5) is 0 Å². The fourth-order valence-corrected chi connectivity index (χ4v) is 9.73. The number of hydrogen-bond donors (Lipinski definition) is 1. The predicted octanol–water partition coefficient (Wildman–Crippen LogP) is 18.7. The number of phenolic OH excluding ortho intramolecular Hbond substituents is 1. The normalized spacial score (nSPS) is 13.4. The fourth-order valence-electron chi connectivity index (χ4n) is 9.73. The molecule has 1 N–H and O–H groups in total. The van der Waals surface area contributed by atoms with Crippen LogP contribution in [-0.2, 0) is 31.9 Å². The molecule has 374 valence electrons. The van der Waals surface area contributed by atoms with E-state index in [-0.39, 0.29) is 37.8 Å². The Morgan fingerprint density at radius 3 is 1.72 bits per heavy atom. The molecular weight excluding hydrogens is 1080 g/mol. The quantitative estimate of drug-likeness (QED) is 0.139. The third-order valence-corrected chi connectivity index (χ3v) is 14.0. The van der Waals surface area contributed by atoms with Crippen molar-refractivity contribution in [3.8, 4) is 89.7 Å². The maximum atomic E-state index is 12.6. The number of phenols is 1. The maximum Gasteiger partial charge on any atom is 0.148 e. The molecule has 0 fully saturated rings. The summed E-state index contributed by atoms with van der Waals surface area (Å²) in [6.45, 7) is 17.3. The van der Waals surface area contributed by atoms with Crippen molar-refractivity contribution in [3.63, 3.8) is 0 Å². The number of pyridine rings is 1. The summed E-state index contributed by atoms with van der Waals surface area (Å²) in [7, 11) is 0. The third-order valence-electron chi connectivity index (χ3n) is 14.0. The van der Waals surface area contributed by atoms with Gasteiger partial charge in [-0.05, 0) is 121 Å². The van der Waals surface area contributed by atoms with Gasteiger partial charge in [-0.25, -0.2) is 4.98 Å². The van der Waals surface area contributed by atoms with E-state index in [1.165, 1.54) is 0 Å². The van der Waals surface area contributed by atoms with Crippen molar-refractivity contribution in [2.75, 3.05) is 0 Å². The molecule has 0 saturated heterocycles. The Bertz CT molecular complexity index is 3840. The molecule has 0 radical (unpaired) electrons. The van der Waals surface area contributed by atoms with Crippen LogP contribution < -0.4 is 0 Å². The Morgan fingerprint density at radius 2 is 1.11 bits per heavy atom. The van der Waals surface area contributed by atoms with Crippen LogP contribution in [0.2, 0.25) is 0 Å². The third kappa shape index (κ3) is 10.4. The Morgan fingerprint density at radius 1 is 0.541 bits per heavy atom. The smallest absolute Gasteiger partial charge is 0.148 e. The molecule has 8 aromatic carbocycles. The van der Waals surface area contributed by atoms with Crippen LogP contribution in [0.15, 0.2) is 182 Å². The van der Waals surface area contributed by atoms with Crippen LogP contribution in [0.25, 0.3) is 95.0 Å². The van der Waals surface area contributed by atoms with Crippen molar-refractivity contribution in [1.82, 2.24) is 14.5 Å². The van der Waals surface area contributed by atoms with Gasteiger partial charge in [0.05, 0.1) is 22.3 Å². The first-order valence-electron chi connectivity index (χ1n) is 27.7. The number of benzene rings is 8. The molecule has 0 atom stereocenters. The molecule has 74 heavy (non-hydrogen) atoms. The predicted molar refractivity (Wildman–Crippen MR) is 308 cm³/mol. The molecule has 0 bridgehead atoms. The minimum atomic E-state index is -2.62. The summed E-state index contributed by atoms with van der Waals surface area (Å²) in [5, 5.41) is 12.6. The second kappa shape index (κ2) is 20.6. The average molecular weight is 1150 g/mol. The summed E-state index contributed by atoms with van der Waals surface area (Å²) in [5.41, 5.74) is 15.3. The van der Waals surface area contributed by atoms with Crippen molar-refractivity contribution >= 4 is 11.0 Å². The largest absolute Gasteiger partial charge is 0.507 e. The first-order valence-corrected chi connectivity index (χ1v) is 25.2. The Kier molecular flexibility index (Phi) is 12.7. The van der Waals surface area contributed by atoms with Gasteiger partial charge in [0.15, 0.2) is 0 Å². The second-order valence-corrected chi connectivity index (χ2v) is 21.8. The molecular formula is C69H66N3OPt-. The zero-order valence-electron chi connectivity index (χ0n) is 48.9. The second-order valence-electron chi connectivity index (χ2n) is 21.8. The van der Waals surface area contributed by atoms with Crippen molar-refractivity contribution in [3.05, 3.63) is 216 Å². The Balaban J connectivity index is 0.00000757. The zero-order chi connectivity index (χ0) is 55.7. The number of nitrogens with zero attached hydrogens (tertiary/aromatic N) is 3. The number of aromatic hydroxyl groups is 1. The van der Waals surface area contributed by atoms with Crippen LogP contribution in [0, 0.1) is 12.9 Å². The van der Waals surface area contributed by atoms with Gasteiger partial charge in [0.1, 0.15) is 11.6 Å². The topological polar surface area (TPSA) is 50.9 Å². The molecule has 2 heterocycles. The fraction of sp³-hybridized carbons (Fsp3) is 0.217. The standard InChI is InChI=1S/C69H66N3O.Pt/c1-43(2)52-34-53(44(3)4)36-55(35-52)50-29-30-63(45(5)33-50)72-64-24-18-23-59(65(64)71-67(72)60-41-58(68(6,7)8)42-61(66(60)73)69(9,10)11)56-37-54(47-21-16-13-17-22-47)38-57(39-56)62-40-51(31-32-70-62)49-27-25-48(26-28-49)46-19-14-12-15-20-46;/h12-38,40-44,73H,1-11H3;/q-1;/i5D3,43D,44D;. The Hall–Kier alpha value is -7.13. The Labute approximate surface area is 460 Å². The van der Waals surface area contributed by atoms with E-state index in [1.54, 1.807) is 6.07 Å². The summed E-state index contributed by atoms with van der Waals surface area (Å²) >= 11 is 0. The first-order chi connectivity index (χ1) is 36.7. The number of para-hydroxylation sites is 1. The van der Waals surface area contributed by atoms with Crippen LogP contribution in [0.1, 0.15) is 116 Å². The number of imidazole rings is 1. The molecule has 0 aliphatic heterocycles. The molecule has 0 amide bonds. The molecule has 5 heteroatoms. The maximum absolute atomic E-state index is 12.6. The minimum absolute atomic E-state index is 0. The van der Waals surface area contributed by atoms with E-state index < -0.39 is 24.1 Å². The molecule has 2 aromatic heterocycles. The van der Waals surface area contributed by atoms with Crippen LogP contribution in [0.3, 0.4) is 0 Å². The van der Waals surface area contributed by atoms with E-state index in [0.29, 0.717) is 39.2 Å². The monoisotopic (exact) mass is 1150 g/mol. The summed E-state index contributed by atoms with van der Waals surface area (Å²) < 4.78 is 47.5. The van der Waals surface area contributed by atoms with Gasteiger partial charge >= 0.3 is 0 Å². The molecule has 10 rings (SSSR count). The van der Waals surface area contributed by atoms with Gasteiger partial charge in [-0.1, -0.05) is 219 Å². The van der Waals surface area contributed by atoms with E-state index in [9.17, 15) is 9.22 Å². The number of rotatable bonds is 10. The average Bonchev–Trinajstić information content (AvgIpc) is 3.93. The molecule has 0 unspecified atom stereocenters. The van der Waals surface area contributed by atoms with Crippen LogP contribution >= 0.6 is 0 Å². The summed E-state index contributed by atoms with van der Waals surface area (Å²) in [6, 6.07) is 62.6. The summed E-state index contributed by atoms with van der Waals surface area (Å²) in [4.78, 5) is 10.5. The van der Waals surface area contributed by atoms with Crippen LogP contribution in [0.5, 0.6) is 5.75 Å². The van der Waals surface area contributed by atoms with Crippen LogP contribution in [-0.4, -0.2) is 19.6 Å². The van der Waals surface area contributed by atoms with Gasteiger partial charge in [-0.3, -0.25) is 9.55 Å². The van der Waals surface area contributed by atoms with Gasteiger partial charge in [0.2, 0.25) is 0 Å². The van der Waals surface area contributed by atoms with Gasteiger partial charge in [-0.15, -0.1) is 23.8 Å². The van der Waals surface area contributed by atoms with E-state index in [0.717, 1.165) is 78.0 Å². The molecule has 0 saturated carbocycles. The van der Waals surface area contributed by atoms with E-state index in [2.05, 4.69) is 120 Å². The number of aromatic nitrogens is 3. The van der Waals surface area contributed by atoms with Gasteiger partial charge < -0.3 is 5.11 Å². The molecule has 0 aliphatic rings. The zero-order valence-corrected chi connectivity index (χ0v) is 46.2. The number of hydrogen-bond acceptors (Lipinski definition) is 3. The molecule has 4 nitrogen and oxygen atoms in total. The van der Waals surface area contributed by atoms with Crippen molar-refractivity contribution in [2.24, 2.45) is 0 Å². The van der Waals surface area contributed by atoms with Gasteiger partial charge in [0.25, 0.3) is 0 Å².